The summed E-state index contributed by atoms with van der Waals surface area (Å²) in [6, 6.07) is 0.526. The molecule has 0 aromatic heterocycles. The molecule has 2 rings (SSSR count). The molecule has 2 N–H and O–H groups in total. The fourth-order valence-corrected chi connectivity index (χ4v) is 3.88. The highest BCUT2D eigenvalue weighted by atomic mass is 16.5. The summed E-state index contributed by atoms with van der Waals surface area (Å²) in [6.45, 7) is 14.7. The van der Waals surface area contributed by atoms with Crippen molar-refractivity contribution in [1.82, 2.24) is 20.4 Å². The summed E-state index contributed by atoms with van der Waals surface area (Å²) in [5.41, 5.74) is 1.25. The number of guanidine groups is 1. The third kappa shape index (κ3) is 7.64. The lowest BCUT2D eigenvalue weighted by atomic mass is 9.97. The molecule has 6 heteroatoms. The number of nitrogens with one attached hydrogen (secondary N) is 2. The Morgan fingerprint density at radius 2 is 1.77 bits per heavy atom. The third-order valence-corrected chi connectivity index (χ3v) is 5.52. The number of likely N-dealkylation sites (tertiary alicyclic amines) is 2. The Morgan fingerprint density at radius 3 is 2.35 bits per heavy atom. The van der Waals surface area contributed by atoms with Crippen LogP contribution < -0.4 is 10.6 Å². The van der Waals surface area contributed by atoms with Crippen LogP contribution in [0.2, 0.25) is 0 Å². The first-order valence-corrected chi connectivity index (χ1v) is 10.2. The predicted octanol–water partition coefficient (Wildman–Crippen LogP) is 1.55. The van der Waals surface area contributed by atoms with Gasteiger partial charge in [-0.15, -0.1) is 0 Å². The molecule has 150 valence electrons. The lowest BCUT2D eigenvalue weighted by Gasteiger charge is -2.34. The Balaban J connectivity index is 1.62. The van der Waals surface area contributed by atoms with Gasteiger partial charge in [-0.1, -0.05) is 12.2 Å². The highest BCUT2D eigenvalue weighted by Gasteiger charge is 2.21. The maximum atomic E-state index is 5.18. The lowest BCUT2D eigenvalue weighted by Crippen LogP contribution is -2.50. The topological polar surface area (TPSA) is 52.1 Å². The summed E-state index contributed by atoms with van der Waals surface area (Å²) >= 11 is 0. The van der Waals surface area contributed by atoms with Crippen LogP contribution in [0.3, 0.4) is 0 Å². The van der Waals surface area contributed by atoms with E-state index in [1.165, 1.54) is 44.3 Å². The molecule has 0 aromatic rings. The smallest absolute Gasteiger partial charge is 0.191 e. The van der Waals surface area contributed by atoms with E-state index < -0.39 is 0 Å². The molecule has 0 unspecified atom stereocenters. The molecular formula is C20H39N5O. The summed E-state index contributed by atoms with van der Waals surface area (Å²) in [7, 11) is 3.65. The van der Waals surface area contributed by atoms with Crippen molar-refractivity contribution in [1.29, 1.82) is 0 Å². The first-order valence-electron chi connectivity index (χ1n) is 10.2. The van der Waals surface area contributed by atoms with Crippen LogP contribution in [0, 0.1) is 5.92 Å². The van der Waals surface area contributed by atoms with Crippen LogP contribution in [0.5, 0.6) is 0 Å². The van der Waals surface area contributed by atoms with E-state index in [9.17, 15) is 0 Å². The molecule has 2 heterocycles. The fourth-order valence-electron chi connectivity index (χ4n) is 3.88. The maximum Gasteiger partial charge on any atom is 0.191 e. The van der Waals surface area contributed by atoms with Crippen molar-refractivity contribution in [3.05, 3.63) is 12.2 Å². The zero-order chi connectivity index (χ0) is 18.8. The normalized spacial score (nSPS) is 21.7. The Labute approximate surface area is 160 Å². The van der Waals surface area contributed by atoms with E-state index >= 15 is 0 Å². The molecule has 2 saturated heterocycles. The Kier molecular flexibility index (Phi) is 9.43. The number of hydrogen-bond acceptors (Lipinski definition) is 4. The molecule has 2 aliphatic rings. The van der Waals surface area contributed by atoms with Gasteiger partial charge in [-0.25, -0.2) is 0 Å². The minimum Gasteiger partial charge on any atom is -0.383 e. The van der Waals surface area contributed by atoms with Crippen LogP contribution in [0.15, 0.2) is 17.1 Å². The van der Waals surface area contributed by atoms with Gasteiger partial charge in [0.25, 0.3) is 0 Å². The molecule has 2 aliphatic heterocycles. The molecule has 0 aliphatic carbocycles. The van der Waals surface area contributed by atoms with Gasteiger partial charge in [0.15, 0.2) is 5.96 Å². The SMILES string of the molecule is C=C(C)CN1CCC(NC(=NC)NCC2CCN(CCOC)CC2)CC1. The second-order valence-electron chi connectivity index (χ2n) is 7.88. The highest BCUT2D eigenvalue weighted by molar-refractivity contribution is 5.79. The Bertz CT molecular complexity index is 437. The lowest BCUT2D eigenvalue weighted by molar-refractivity contribution is 0.120. The second kappa shape index (κ2) is 11.6. The number of methoxy groups -OCH3 is 1. The molecule has 2 fully saturated rings. The van der Waals surface area contributed by atoms with E-state index in [1.807, 2.05) is 7.05 Å². The summed E-state index contributed by atoms with van der Waals surface area (Å²) in [5, 5.41) is 7.17. The number of rotatable bonds is 8. The molecule has 0 radical (unpaired) electrons. The van der Waals surface area contributed by atoms with Gasteiger partial charge in [0.1, 0.15) is 0 Å². The minimum atomic E-state index is 0.526. The van der Waals surface area contributed by atoms with Gasteiger partial charge in [-0.05, 0) is 51.6 Å². The van der Waals surface area contributed by atoms with E-state index in [4.69, 9.17) is 4.74 Å². The number of aliphatic imine (C=N–C) groups is 1. The molecule has 0 bridgehead atoms. The van der Waals surface area contributed by atoms with Crippen LogP contribution in [0.4, 0.5) is 0 Å². The van der Waals surface area contributed by atoms with Crippen molar-refractivity contribution in [2.24, 2.45) is 10.9 Å². The summed E-state index contributed by atoms with van der Waals surface area (Å²) in [6.07, 6.45) is 4.86. The van der Waals surface area contributed by atoms with Gasteiger partial charge >= 0.3 is 0 Å². The quantitative estimate of drug-likeness (QED) is 0.388. The van der Waals surface area contributed by atoms with Crippen molar-refractivity contribution < 1.29 is 4.74 Å². The molecule has 0 aromatic carbocycles. The van der Waals surface area contributed by atoms with Crippen molar-refractivity contribution in [3.8, 4) is 0 Å². The fraction of sp³-hybridized carbons (Fsp3) is 0.850. The summed E-state index contributed by atoms with van der Waals surface area (Å²) < 4.78 is 5.18. The van der Waals surface area contributed by atoms with Gasteiger partial charge in [0.2, 0.25) is 0 Å². The number of hydrogen-bond donors (Lipinski definition) is 2. The number of ether oxygens (including phenoxy) is 1. The number of nitrogens with zero attached hydrogens (tertiary/aromatic N) is 3. The molecule has 0 saturated carbocycles. The van der Waals surface area contributed by atoms with Crippen LogP contribution in [0.25, 0.3) is 0 Å². The largest absolute Gasteiger partial charge is 0.383 e. The van der Waals surface area contributed by atoms with Gasteiger partial charge in [0, 0.05) is 52.9 Å². The van der Waals surface area contributed by atoms with Crippen LogP contribution >= 0.6 is 0 Å². The first-order chi connectivity index (χ1) is 12.6. The standard InChI is InChI=1S/C20H39N5O/c1-17(2)16-25-11-7-19(8-12-25)23-20(21-3)22-15-18-5-9-24(10-6-18)13-14-26-4/h18-19H,1,5-16H2,2-4H3,(H2,21,22,23). The Hall–Kier alpha value is -1.11. The van der Waals surface area contributed by atoms with Crippen LogP contribution in [0.1, 0.15) is 32.6 Å². The zero-order valence-electron chi connectivity index (χ0n) is 17.1. The van der Waals surface area contributed by atoms with E-state index in [0.29, 0.717) is 6.04 Å². The van der Waals surface area contributed by atoms with Crippen molar-refractivity contribution in [2.45, 2.75) is 38.6 Å². The summed E-state index contributed by atoms with van der Waals surface area (Å²) in [5.74, 6) is 1.70. The summed E-state index contributed by atoms with van der Waals surface area (Å²) in [4.78, 5) is 9.43. The molecular weight excluding hydrogens is 326 g/mol. The molecule has 6 nitrogen and oxygen atoms in total. The molecule has 0 atom stereocenters. The van der Waals surface area contributed by atoms with Gasteiger partial charge < -0.3 is 20.3 Å². The maximum absolute atomic E-state index is 5.18. The van der Waals surface area contributed by atoms with Crippen molar-refractivity contribution in [3.63, 3.8) is 0 Å². The van der Waals surface area contributed by atoms with Crippen molar-refractivity contribution in [2.75, 3.05) is 66.6 Å². The first kappa shape index (κ1) is 21.2. The zero-order valence-corrected chi connectivity index (χ0v) is 17.1. The third-order valence-electron chi connectivity index (χ3n) is 5.52. The van der Waals surface area contributed by atoms with E-state index in [1.54, 1.807) is 7.11 Å². The molecule has 26 heavy (non-hydrogen) atoms. The Morgan fingerprint density at radius 1 is 1.12 bits per heavy atom. The van der Waals surface area contributed by atoms with E-state index in [2.05, 4.69) is 38.9 Å². The second-order valence-corrected chi connectivity index (χ2v) is 7.88. The van der Waals surface area contributed by atoms with E-state index in [-0.39, 0.29) is 0 Å². The average molecular weight is 366 g/mol. The molecule has 0 amide bonds. The monoisotopic (exact) mass is 365 g/mol. The average Bonchev–Trinajstić information content (AvgIpc) is 2.65. The van der Waals surface area contributed by atoms with Crippen LogP contribution in [-0.2, 0) is 4.74 Å². The number of piperidine rings is 2. The molecule has 0 spiro atoms. The predicted molar refractivity (Wildman–Crippen MR) is 110 cm³/mol. The minimum absolute atomic E-state index is 0.526. The van der Waals surface area contributed by atoms with Gasteiger partial charge in [-0.3, -0.25) is 9.89 Å². The highest BCUT2D eigenvalue weighted by Crippen LogP contribution is 2.16. The van der Waals surface area contributed by atoms with Crippen LogP contribution in [-0.4, -0.2) is 88.4 Å². The van der Waals surface area contributed by atoms with Crippen molar-refractivity contribution >= 4 is 5.96 Å². The van der Waals surface area contributed by atoms with Gasteiger partial charge in [0.05, 0.1) is 6.61 Å². The van der Waals surface area contributed by atoms with E-state index in [0.717, 1.165) is 51.2 Å². The van der Waals surface area contributed by atoms with Gasteiger partial charge in [-0.2, -0.15) is 0 Å².